The first-order valence-electron chi connectivity index (χ1n) is 8.87. The SMILES string of the molecule is O=C(COc1ccc(/C=N/NC(=O)c2ccc(Br)cc2)cc1Br)Nc1ccccc1. The number of halogens is 2. The number of hydrogen-bond acceptors (Lipinski definition) is 4. The van der Waals surface area contributed by atoms with Crippen LogP contribution in [0.25, 0.3) is 0 Å². The smallest absolute Gasteiger partial charge is 0.271 e. The highest BCUT2D eigenvalue weighted by Gasteiger charge is 2.07. The van der Waals surface area contributed by atoms with Crippen molar-refractivity contribution >= 4 is 55.6 Å². The molecule has 0 radical (unpaired) electrons. The van der Waals surface area contributed by atoms with Gasteiger partial charge in [0, 0.05) is 15.7 Å². The highest BCUT2D eigenvalue weighted by molar-refractivity contribution is 9.10. The Hall–Kier alpha value is -2.97. The summed E-state index contributed by atoms with van der Waals surface area (Å²) < 4.78 is 7.12. The number of amides is 2. The number of anilines is 1. The maximum atomic E-state index is 12.0. The third kappa shape index (κ3) is 6.53. The van der Waals surface area contributed by atoms with E-state index in [-0.39, 0.29) is 18.4 Å². The first-order valence-corrected chi connectivity index (χ1v) is 10.5. The second-order valence-electron chi connectivity index (χ2n) is 6.10. The van der Waals surface area contributed by atoms with Gasteiger partial charge >= 0.3 is 0 Å². The average Bonchev–Trinajstić information content (AvgIpc) is 2.74. The maximum absolute atomic E-state index is 12.0. The van der Waals surface area contributed by atoms with Gasteiger partial charge in [-0.05, 0) is 76.1 Å². The standard InChI is InChI=1S/C22H17Br2N3O3/c23-17-9-7-16(8-10-17)22(29)27-25-13-15-6-11-20(19(24)12-15)30-14-21(28)26-18-4-2-1-3-5-18/h1-13H,14H2,(H,26,28)(H,27,29)/b25-13+. The Morgan fingerprint density at radius 3 is 2.40 bits per heavy atom. The van der Waals surface area contributed by atoms with Crippen molar-refractivity contribution < 1.29 is 14.3 Å². The van der Waals surface area contributed by atoms with E-state index in [4.69, 9.17) is 4.74 Å². The molecule has 152 valence electrons. The van der Waals surface area contributed by atoms with Crippen LogP contribution in [0.2, 0.25) is 0 Å². The Morgan fingerprint density at radius 1 is 0.967 bits per heavy atom. The number of carbonyl (C=O) groups is 2. The Morgan fingerprint density at radius 2 is 1.70 bits per heavy atom. The second-order valence-corrected chi connectivity index (χ2v) is 7.87. The van der Waals surface area contributed by atoms with Gasteiger partial charge in [0.25, 0.3) is 11.8 Å². The summed E-state index contributed by atoms with van der Waals surface area (Å²) in [6, 6.07) is 21.4. The lowest BCUT2D eigenvalue weighted by Gasteiger charge is -2.09. The van der Waals surface area contributed by atoms with Crippen molar-refractivity contribution in [2.75, 3.05) is 11.9 Å². The minimum Gasteiger partial charge on any atom is -0.483 e. The Labute approximate surface area is 190 Å². The molecule has 3 aromatic carbocycles. The molecule has 0 saturated heterocycles. The van der Waals surface area contributed by atoms with Gasteiger partial charge in [0.15, 0.2) is 6.61 Å². The van der Waals surface area contributed by atoms with Crippen LogP contribution >= 0.6 is 31.9 Å². The summed E-state index contributed by atoms with van der Waals surface area (Å²) in [4.78, 5) is 24.0. The van der Waals surface area contributed by atoms with Crippen molar-refractivity contribution in [3.8, 4) is 5.75 Å². The molecule has 6 nitrogen and oxygen atoms in total. The minimum atomic E-state index is -0.304. The molecule has 2 N–H and O–H groups in total. The van der Waals surface area contributed by atoms with Crippen LogP contribution in [0.3, 0.4) is 0 Å². The maximum Gasteiger partial charge on any atom is 0.271 e. The summed E-state index contributed by atoms with van der Waals surface area (Å²) in [6.45, 7) is -0.121. The summed E-state index contributed by atoms with van der Waals surface area (Å²) >= 11 is 6.74. The molecule has 0 spiro atoms. The summed E-state index contributed by atoms with van der Waals surface area (Å²) in [6.07, 6.45) is 1.52. The van der Waals surface area contributed by atoms with Gasteiger partial charge in [-0.25, -0.2) is 5.43 Å². The first kappa shape index (κ1) is 21.7. The number of hydrogen-bond donors (Lipinski definition) is 2. The van der Waals surface area contributed by atoms with Gasteiger partial charge in [0.1, 0.15) is 5.75 Å². The van der Waals surface area contributed by atoms with E-state index in [2.05, 4.69) is 47.7 Å². The number of ether oxygens (including phenoxy) is 1. The van der Waals surface area contributed by atoms with Crippen LogP contribution in [0.15, 0.2) is 86.8 Å². The van der Waals surface area contributed by atoms with Gasteiger partial charge in [-0.3, -0.25) is 9.59 Å². The van der Waals surface area contributed by atoms with Gasteiger partial charge in [-0.2, -0.15) is 5.10 Å². The molecule has 30 heavy (non-hydrogen) atoms. The first-order chi connectivity index (χ1) is 14.5. The molecular formula is C22H17Br2N3O3. The van der Waals surface area contributed by atoms with Crippen molar-refractivity contribution in [2.24, 2.45) is 5.10 Å². The Balaban J connectivity index is 1.51. The van der Waals surface area contributed by atoms with E-state index in [1.54, 1.807) is 54.6 Å². The molecule has 0 bridgehead atoms. The predicted octanol–water partition coefficient (Wildman–Crippen LogP) is 4.99. The van der Waals surface area contributed by atoms with Gasteiger partial charge in [0.2, 0.25) is 0 Å². The lowest BCUT2D eigenvalue weighted by molar-refractivity contribution is -0.118. The van der Waals surface area contributed by atoms with Crippen LogP contribution in [-0.2, 0) is 4.79 Å². The number of hydrazone groups is 1. The average molecular weight is 531 g/mol. The van der Waals surface area contributed by atoms with Crippen LogP contribution in [0.4, 0.5) is 5.69 Å². The fraction of sp³-hybridized carbons (Fsp3) is 0.0455. The van der Waals surface area contributed by atoms with Crippen molar-refractivity contribution in [1.82, 2.24) is 5.43 Å². The molecule has 0 aromatic heterocycles. The van der Waals surface area contributed by atoms with E-state index in [9.17, 15) is 9.59 Å². The topological polar surface area (TPSA) is 79.8 Å². The molecule has 0 unspecified atom stereocenters. The highest BCUT2D eigenvalue weighted by Crippen LogP contribution is 2.25. The molecule has 0 atom stereocenters. The zero-order valence-electron chi connectivity index (χ0n) is 15.6. The normalized spacial score (nSPS) is 10.6. The molecule has 0 heterocycles. The summed E-state index contributed by atoms with van der Waals surface area (Å²) in [5.74, 6) is -0.0362. The van der Waals surface area contributed by atoms with Crippen molar-refractivity contribution in [3.05, 3.63) is 92.9 Å². The van der Waals surface area contributed by atoms with Crippen LogP contribution in [0.1, 0.15) is 15.9 Å². The molecular weight excluding hydrogens is 514 g/mol. The molecule has 2 amide bonds. The molecule has 0 aliphatic heterocycles. The van der Waals surface area contributed by atoms with E-state index in [0.29, 0.717) is 21.5 Å². The van der Waals surface area contributed by atoms with Crippen molar-refractivity contribution in [1.29, 1.82) is 0 Å². The quantitative estimate of drug-likeness (QED) is 0.333. The predicted molar refractivity (Wildman–Crippen MR) is 124 cm³/mol. The van der Waals surface area contributed by atoms with Gasteiger partial charge in [0.05, 0.1) is 10.7 Å². The third-order valence-corrected chi connectivity index (χ3v) is 5.01. The second kappa shape index (κ2) is 10.7. The summed E-state index contributed by atoms with van der Waals surface area (Å²) in [5.41, 5.74) is 4.45. The molecule has 3 aromatic rings. The van der Waals surface area contributed by atoms with Crippen molar-refractivity contribution in [3.63, 3.8) is 0 Å². The van der Waals surface area contributed by atoms with E-state index in [1.807, 2.05) is 18.2 Å². The number of nitrogens with one attached hydrogen (secondary N) is 2. The fourth-order valence-corrected chi connectivity index (χ4v) is 3.18. The van der Waals surface area contributed by atoms with Crippen LogP contribution in [0.5, 0.6) is 5.75 Å². The van der Waals surface area contributed by atoms with E-state index in [1.165, 1.54) is 6.21 Å². The molecule has 3 rings (SSSR count). The fourth-order valence-electron chi connectivity index (χ4n) is 2.41. The molecule has 0 saturated carbocycles. The summed E-state index contributed by atoms with van der Waals surface area (Å²) in [5, 5.41) is 6.72. The number of nitrogens with zero attached hydrogens (tertiary/aromatic N) is 1. The molecule has 8 heteroatoms. The zero-order valence-corrected chi connectivity index (χ0v) is 18.8. The van der Waals surface area contributed by atoms with Crippen LogP contribution < -0.4 is 15.5 Å². The number of rotatable bonds is 7. The van der Waals surface area contributed by atoms with E-state index < -0.39 is 0 Å². The van der Waals surface area contributed by atoms with Crippen LogP contribution in [-0.4, -0.2) is 24.6 Å². The molecule has 0 aliphatic rings. The number of carbonyl (C=O) groups excluding carboxylic acids is 2. The van der Waals surface area contributed by atoms with Gasteiger partial charge in [-0.15, -0.1) is 0 Å². The summed E-state index contributed by atoms with van der Waals surface area (Å²) in [7, 11) is 0. The third-order valence-electron chi connectivity index (χ3n) is 3.86. The Kier molecular flexibility index (Phi) is 7.75. The number of para-hydroxylation sites is 1. The van der Waals surface area contributed by atoms with Gasteiger partial charge in [-0.1, -0.05) is 34.1 Å². The van der Waals surface area contributed by atoms with E-state index >= 15 is 0 Å². The molecule has 0 aliphatic carbocycles. The lowest BCUT2D eigenvalue weighted by Crippen LogP contribution is -2.20. The highest BCUT2D eigenvalue weighted by atomic mass is 79.9. The van der Waals surface area contributed by atoms with Crippen molar-refractivity contribution in [2.45, 2.75) is 0 Å². The monoisotopic (exact) mass is 529 g/mol. The zero-order chi connectivity index (χ0) is 21.3. The Bertz CT molecular complexity index is 1050. The van der Waals surface area contributed by atoms with E-state index in [0.717, 1.165) is 10.0 Å². The van der Waals surface area contributed by atoms with Crippen LogP contribution in [0, 0.1) is 0 Å². The minimum absolute atomic E-state index is 0.121. The van der Waals surface area contributed by atoms with Gasteiger partial charge < -0.3 is 10.1 Å². The molecule has 0 fully saturated rings. The largest absolute Gasteiger partial charge is 0.483 e. The lowest BCUT2D eigenvalue weighted by atomic mass is 10.2. The number of benzene rings is 3.